The molecule has 2 N–H and O–H groups in total. The van der Waals surface area contributed by atoms with Crippen LogP contribution in [0.25, 0.3) is 0 Å². The normalized spacial score (nSPS) is 19.9. The zero-order valence-electron chi connectivity index (χ0n) is 9.99. The van der Waals surface area contributed by atoms with E-state index in [1.165, 1.54) is 19.3 Å². The number of hydrogen-bond donors (Lipinski definition) is 2. The van der Waals surface area contributed by atoms with Gasteiger partial charge in [-0.2, -0.15) is 0 Å². The van der Waals surface area contributed by atoms with Crippen molar-refractivity contribution < 1.29 is 19.7 Å². The largest absolute Gasteiger partial charge is 0.394 e. The van der Waals surface area contributed by atoms with Crippen LogP contribution < -0.4 is 0 Å². The van der Waals surface area contributed by atoms with E-state index in [0.717, 1.165) is 12.8 Å². The average molecular weight is 232 g/mol. The Labute approximate surface area is 97.6 Å². The standard InChI is InChI=1S/C12H24O4/c13-6-8-15-10-12(11-16-9-7-14)4-2-1-3-5-12/h13-14H,1-11H2. The van der Waals surface area contributed by atoms with Crippen LogP contribution in [0.3, 0.4) is 0 Å². The van der Waals surface area contributed by atoms with E-state index in [1.807, 2.05) is 0 Å². The Hall–Kier alpha value is -0.160. The minimum atomic E-state index is 0.0770. The zero-order chi connectivity index (χ0) is 11.7. The number of rotatable bonds is 8. The van der Waals surface area contributed by atoms with Crippen molar-refractivity contribution in [2.75, 3.05) is 39.6 Å². The van der Waals surface area contributed by atoms with E-state index in [4.69, 9.17) is 19.7 Å². The lowest BCUT2D eigenvalue weighted by molar-refractivity contribution is -0.0528. The third-order valence-corrected chi connectivity index (χ3v) is 3.20. The monoisotopic (exact) mass is 232 g/mol. The van der Waals surface area contributed by atoms with Crippen molar-refractivity contribution in [2.24, 2.45) is 5.41 Å². The van der Waals surface area contributed by atoms with Crippen LogP contribution in [-0.4, -0.2) is 49.9 Å². The molecular weight excluding hydrogens is 208 g/mol. The summed E-state index contributed by atoms with van der Waals surface area (Å²) in [5.41, 5.74) is 0.114. The third-order valence-electron chi connectivity index (χ3n) is 3.20. The molecule has 0 heterocycles. The highest BCUT2D eigenvalue weighted by Crippen LogP contribution is 2.36. The molecule has 0 radical (unpaired) electrons. The second kappa shape index (κ2) is 8.01. The molecule has 1 fully saturated rings. The summed E-state index contributed by atoms with van der Waals surface area (Å²) in [7, 11) is 0. The van der Waals surface area contributed by atoms with Gasteiger partial charge in [-0.15, -0.1) is 0 Å². The van der Waals surface area contributed by atoms with Gasteiger partial charge in [0, 0.05) is 5.41 Å². The van der Waals surface area contributed by atoms with Gasteiger partial charge in [0.15, 0.2) is 0 Å². The molecule has 1 saturated carbocycles. The van der Waals surface area contributed by atoms with Gasteiger partial charge in [-0.3, -0.25) is 0 Å². The Morgan fingerprint density at radius 3 is 1.75 bits per heavy atom. The summed E-state index contributed by atoms with van der Waals surface area (Å²) < 4.78 is 10.9. The maximum Gasteiger partial charge on any atom is 0.0698 e. The lowest BCUT2D eigenvalue weighted by Gasteiger charge is -2.36. The summed E-state index contributed by atoms with van der Waals surface area (Å²) in [5.74, 6) is 0. The van der Waals surface area contributed by atoms with Crippen LogP contribution in [0, 0.1) is 5.41 Å². The highest BCUT2D eigenvalue weighted by molar-refractivity contribution is 4.82. The summed E-state index contributed by atoms with van der Waals surface area (Å²) in [4.78, 5) is 0. The van der Waals surface area contributed by atoms with Crippen molar-refractivity contribution in [3.8, 4) is 0 Å². The van der Waals surface area contributed by atoms with E-state index in [0.29, 0.717) is 26.4 Å². The molecule has 0 amide bonds. The predicted octanol–water partition coefficient (Wildman–Crippen LogP) is 0.955. The Bertz CT molecular complexity index is 154. The molecule has 0 aromatic rings. The first-order valence-corrected chi connectivity index (χ1v) is 6.20. The molecule has 1 aliphatic carbocycles. The van der Waals surface area contributed by atoms with Crippen molar-refractivity contribution >= 4 is 0 Å². The SMILES string of the molecule is OCCOCC1(COCCO)CCCCC1. The van der Waals surface area contributed by atoms with E-state index < -0.39 is 0 Å². The first-order valence-electron chi connectivity index (χ1n) is 6.20. The first kappa shape index (κ1) is 13.9. The van der Waals surface area contributed by atoms with Crippen molar-refractivity contribution in [3.63, 3.8) is 0 Å². The summed E-state index contributed by atoms with van der Waals surface area (Å²) >= 11 is 0. The van der Waals surface area contributed by atoms with Crippen molar-refractivity contribution in [3.05, 3.63) is 0 Å². The first-order chi connectivity index (χ1) is 7.83. The smallest absolute Gasteiger partial charge is 0.0698 e. The molecule has 0 atom stereocenters. The van der Waals surface area contributed by atoms with E-state index in [9.17, 15) is 0 Å². The lowest BCUT2D eigenvalue weighted by atomic mass is 9.75. The lowest BCUT2D eigenvalue weighted by Crippen LogP contribution is -2.35. The number of hydrogen-bond acceptors (Lipinski definition) is 4. The highest BCUT2D eigenvalue weighted by Gasteiger charge is 2.32. The van der Waals surface area contributed by atoms with Gasteiger partial charge in [0.1, 0.15) is 0 Å². The summed E-state index contributed by atoms with van der Waals surface area (Å²) in [6, 6.07) is 0. The van der Waals surface area contributed by atoms with Crippen LogP contribution in [0.5, 0.6) is 0 Å². The van der Waals surface area contributed by atoms with Crippen LogP contribution in [0.1, 0.15) is 32.1 Å². The molecule has 16 heavy (non-hydrogen) atoms. The number of ether oxygens (including phenoxy) is 2. The third kappa shape index (κ3) is 4.78. The van der Waals surface area contributed by atoms with Crippen LogP contribution >= 0.6 is 0 Å². The van der Waals surface area contributed by atoms with Crippen molar-refractivity contribution in [2.45, 2.75) is 32.1 Å². The van der Waals surface area contributed by atoms with Gasteiger partial charge >= 0.3 is 0 Å². The molecule has 0 spiro atoms. The van der Waals surface area contributed by atoms with Gasteiger partial charge in [-0.05, 0) is 12.8 Å². The molecule has 0 saturated heterocycles. The van der Waals surface area contributed by atoms with Gasteiger partial charge < -0.3 is 19.7 Å². The maximum atomic E-state index is 8.70. The minimum Gasteiger partial charge on any atom is -0.394 e. The molecule has 0 aromatic heterocycles. The topological polar surface area (TPSA) is 58.9 Å². The van der Waals surface area contributed by atoms with Gasteiger partial charge in [-0.1, -0.05) is 19.3 Å². The molecular formula is C12H24O4. The Balaban J connectivity index is 2.33. The molecule has 0 unspecified atom stereocenters. The molecule has 0 aliphatic heterocycles. The van der Waals surface area contributed by atoms with Crippen LogP contribution in [0.15, 0.2) is 0 Å². The fourth-order valence-electron chi connectivity index (χ4n) is 2.34. The Morgan fingerprint density at radius 1 is 0.812 bits per heavy atom. The number of aliphatic hydroxyl groups is 2. The van der Waals surface area contributed by atoms with E-state index in [2.05, 4.69) is 0 Å². The van der Waals surface area contributed by atoms with Gasteiger partial charge in [-0.25, -0.2) is 0 Å². The van der Waals surface area contributed by atoms with E-state index >= 15 is 0 Å². The Kier molecular flexibility index (Phi) is 6.96. The molecule has 4 nitrogen and oxygen atoms in total. The van der Waals surface area contributed by atoms with Crippen molar-refractivity contribution in [1.82, 2.24) is 0 Å². The van der Waals surface area contributed by atoms with Gasteiger partial charge in [0.2, 0.25) is 0 Å². The quantitative estimate of drug-likeness (QED) is 0.612. The summed E-state index contributed by atoms with van der Waals surface area (Å²) in [6.45, 7) is 2.29. The van der Waals surface area contributed by atoms with Crippen LogP contribution in [-0.2, 0) is 9.47 Å². The zero-order valence-corrected chi connectivity index (χ0v) is 9.99. The molecule has 0 aromatic carbocycles. The van der Waals surface area contributed by atoms with E-state index in [-0.39, 0.29) is 18.6 Å². The molecule has 96 valence electrons. The second-order valence-electron chi connectivity index (χ2n) is 4.61. The summed E-state index contributed by atoms with van der Waals surface area (Å²) in [6.07, 6.45) is 6.01. The molecule has 1 rings (SSSR count). The van der Waals surface area contributed by atoms with Crippen molar-refractivity contribution in [1.29, 1.82) is 0 Å². The predicted molar refractivity (Wildman–Crippen MR) is 61.3 cm³/mol. The fraction of sp³-hybridized carbons (Fsp3) is 1.00. The van der Waals surface area contributed by atoms with E-state index in [1.54, 1.807) is 0 Å². The number of aliphatic hydroxyl groups excluding tert-OH is 2. The van der Waals surface area contributed by atoms with Crippen LogP contribution in [0.4, 0.5) is 0 Å². The van der Waals surface area contributed by atoms with Gasteiger partial charge in [0.25, 0.3) is 0 Å². The highest BCUT2D eigenvalue weighted by atomic mass is 16.5. The minimum absolute atomic E-state index is 0.0770. The molecule has 4 heteroatoms. The molecule has 1 aliphatic rings. The van der Waals surface area contributed by atoms with Gasteiger partial charge in [0.05, 0.1) is 39.6 Å². The molecule has 0 bridgehead atoms. The average Bonchev–Trinajstić information content (AvgIpc) is 2.31. The van der Waals surface area contributed by atoms with Crippen LogP contribution in [0.2, 0.25) is 0 Å². The fourth-order valence-corrected chi connectivity index (χ4v) is 2.34. The second-order valence-corrected chi connectivity index (χ2v) is 4.61. The Morgan fingerprint density at radius 2 is 1.31 bits per heavy atom. The summed E-state index contributed by atoms with van der Waals surface area (Å²) in [5, 5.41) is 17.4. The maximum absolute atomic E-state index is 8.70.